The minimum Gasteiger partial charge on any atom is -0.606 e. The summed E-state index contributed by atoms with van der Waals surface area (Å²) in [6, 6.07) is 2.52. The van der Waals surface area contributed by atoms with Gasteiger partial charge in [-0.2, -0.15) is 5.10 Å². The van der Waals surface area contributed by atoms with Crippen LogP contribution in [0.25, 0.3) is 0 Å². The molecule has 0 bridgehead atoms. The van der Waals surface area contributed by atoms with Gasteiger partial charge in [0.15, 0.2) is 11.4 Å². The van der Waals surface area contributed by atoms with E-state index in [1.165, 1.54) is 32.5 Å². The summed E-state index contributed by atoms with van der Waals surface area (Å²) in [5.41, 5.74) is -0.265. The van der Waals surface area contributed by atoms with Crippen LogP contribution in [0.3, 0.4) is 0 Å². The molecule has 0 amide bonds. The molecule has 1 N–H and O–H groups in total. The number of quaternary nitrogens is 1. The molecule has 0 saturated carbocycles. The lowest BCUT2D eigenvalue weighted by molar-refractivity contribution is -0.964. The fourth-order valence-electron chi connectivity index (χ4n) is 2.56. The first-order chi connectivity index (χ1) is 12.1. The van der Waals surface area contributed by atoms with Gasteiger partial charge in [-0.25, -0.2) is 14.0 Å². The number of nitrogens with one attached hydrogen (secondary N) is 1. The van der Waals surface area contributed by atoms with Gasteiger partial charge in [0.2, 0.25) is 0 Å². The van der Waals surface area contributed by atoms with E-state index in [1.54, 1.807) is 6.92 Å². The molecule has 2 rings (SSSR count). The Labute approximate surface area is 164 Å². The van der Waals surface area contributed by atoms with E-state index in [1.807, 2.05) is 0 Å². The Morgan fingerprint density at radius 2 is 1.88 bits per heavy atom. The van der Waals surface area contributed by atoms with E-state index in [4.69, 9.17) is 39.6 Å². The lowest BCUT2D eigenvalue weighted by atomic mass is 10.1. The van der Waals surface area contributed by atoms with Crippen molar-refractivity contribution in [1.82, 2.24) is 15.0 Å². The summed E-state index contributed by atoms with van der Waals surface area (Å²) in [4.78, 5) is 5.14. The van der Waals surface area contributed by atoms with Crippen LogP contribution < -0.4 is 5.17 Å². The summed E-state index contributed by atoms with van der Waals surface area (Å²) in [6.45, 7) is 1.68. The highest BCUT2D eigenvalue weighted by atomic mass is 35.5. The third-order valence-corrected chi connectivity index (χ3v) is 4.59. The summed E-state index contributed by atoms with van der Waals surface area (Å²) in [7, 11) is 2.73. The van der Waals surface area contributed by atoms with Crippen LogP contribution in [0, 0.1) is 5.21 Å². The standard InChI is InChI=1S/C15H17Cl3F2N4O2/c1-8(4-10-11(17)5-9(16)6-12(10)18)24(26-3)23(25)13-7-22(2)21-14(13)15(19)20/h5-8,15,23H,4H2,1-3H3/t8-/m1/s1. The maximum atomic E-state index is 13.1. The zero-order chi connectivity index (χ0) is 19.6. The normalized spacial score (nSPS) is 14.3. The highest BCUT2D eigenvalue weighted by Crippen LogP contribution is 2.30. The van der Waals surface area contributed by atoms with E-state index in [-0.39, 0.29) is 12.1 Å². The molecule has 0 spiro atoms. The molecular formula is C15H17Cl3F2N4O2. The SMILES string of the molecule is CON([C@H](C)Cc1c(Cl)cc(Cl)cc1Cl)[NH+]([O-])c1cn(C)nc1C(F)F. The molecule has 2 atom stereocenters. The van der Waals surface area contributed by atoms with Crippen LogP contribution in [-0.4, -0.2) is 28.1 Å². The van der Waals surface area contributed by atoms with Crippen molar-refractivity contribution in [3.05, 3.63) is 49.9 Å². The van der Waals surface area contributed by atoms with Gasteiger partial charge in [0.1, 0.15) is 0 Å². The Hall–Kier alpha value is -1.00. The minimum atomic E-state index is -2.88. The van der Waals surface area contributed by atoms with Crippen molar-refractivity contribution >= 4 is 40.5 Å². The fraction of sp³-hybridized carbons (Fsp3) is 0.400. The summed E-state index contributed by atoms with van der Waals surface area (Å²) in [5, 5.41) is 17.7. The van der Waals surface area contributed by atoms with Gasteiger partial charge in [0.25, 0.3) is 6.43 Å². The maximum absolute atomic E-state index is 13.1. The smallest absolute Gasteiger partial charge is 0.288 e. The number of alkyl halides is 2. The van der Waals surface area contributed by atoms with Crippen LogP contribution in [0.15, 0.2) is 18.3 Å². The second-order valence-electron chi connectivity index (χ2n) is 5.62. The first-order valence-electron chi connectivity index (χ1n) is 7.48. The van der Waals surface area contributed by atoms with Crippen molar-refractivity contribution in [3.63, 3.8) is 0 Å². The zero-order valence-corrected chi connectivity index (χ0v) is 16.4. The van der Waals surface area contributed by atoms with Gasteiger partial charge in [0, 0.05) is 22.1 Å². The van der Waals surface area contributed by atoms with Crippen molar-refractivity contribution in [3.8, 4) is 0 Å². The highest BCUT2D eigenvalue weighted by molar-refractivity contribution is 6.39. The first kappa shape index (κ1) is 21.3. The molecule has 1 aromatic heterocycles. The largest absolute Gasteiger partial charge is 0.606 e. The number of hydroxylamine groups is 1. The summed E-state index contributed by atoms with van der Waals surface area (Å²) in [6.07, 6.45) is -1.42. The Morgan fingerprint density at radius 1 is 1.31 bits per heavy atom. The predicted molar refractivity (Wildman–Crippen MR) is 95.6 cm³/mol. The summed E-state index contributed by atoms with van der Waals surface area (Å²) >= 11 is 18.2. The van der Waals surface area contributed by atoms with Crippen molar-refractivity contribution in [1.29, 1.82) is 0 Å². The molecule has 0 fully saturated rings. The average molecular weight is 430 g/mol. The molecular weight excluding hydrogens is 413 g/mol. The van der Waals surface area contributed by atoms with Gasteiger partial charge >= 0.3 is 0 Å². The quantitative estimate of drug-likeness (QED) is 0.681. The molecule has 0 saturated heterocycles. The number of benzene rings is 1. The Balaban J connectivity index is 2.28. The average Bonchev–Trinajstić information content (AvgIpc) is 2.93. The number of halogens is 5. The molecule has 11 heteroatoms. The third kappa shape index (κ3) is 4.64. The summed E-state index contributed by atoms with van der Waals surface area (Å²) < 4.78 is 27.4. The van der Waals surface area contributed by atoms with Gasteiger partial charge in [-0.3, -0.25) is 9.52 Å². The number of hydrogen-bond donors (Lipinski definition) is 1. The molecule has 1 aromatic carbocycles. The highest BCUT2D eigenvalue weighted by Gasteiger charge is 2.30. The van der Waals surface area contributed by atoms with Crippen molar-refractivity contribution < 1.29 is 18.8 Å². The molecule has 0 aliphatic heterocycles. The Morgan fingerprint density at radius 3 is 2.38 bits per heavy atom. The number of hydrogen-bond acceptors (Lipinski definition) is 4. The van der Waals surface area contributed by atoms with Gasteiger partial charge < -0.3 is 5.21 Å². The van der Waals surface area contributed by atoms with E-state index in [0.29, 0.717) is 20.6 Å². The Bertz CT molecular complexity index is 752. The monoisotopic (exact) mass is 428 g/mol. The molecule has 144 valence electrons. The number of aryl methyl sites for hydroxylation is 1. The summed E-state index contributed by atoms with van der Waals surface area (Å²) in [5.74, 6) is 0. The van der Waals surface area contributed by atoms with E-state index >= 15 is 0 Å². The van der Waals surface area contributed by atoms with Gasteiger partial charge in [-0.05, 0) is 36.2 Å². The molecule has 6 nitrogen and oxygen atoms in total. The van der Waals surface area contributed by atoms with Gasteiger partial charge in [-0.15, -0.1) is 0 Å². The van der Waals surface area contributed by atoms with Crippen molar-refractivity contribution in [2.24, 2.45) is 7.05 Å². The third-order valence-electron chi connectivity index (χ3n) is 3.70. The molecule has 26 heavy (non-hydrogen) atoms. The van der Waals surface area contributed by atoms with Crippen LogP contribution in [0.1, 0.15) is 24.6 Å². The lowest BCUT2D eigenvalue weighted by Crippen LogP contribution is -3.10. The molecule has 0 radical (unpaired) electrons. The molecule has 1 unspecified atom stereocenters. The maximum Gasteiger partial charge on any atom is 0.288 e. The first-order valence-corrected chi connectivity index (χ1v) is 8.61. The number of aromatic nitrogens is 2. The topological polar surface area (TPSA) is 57.8 Å². The lowest BCUT2D eigenvalue weighted by Gasteiger charge is -2.34. The van der Waals surface area contributed by atoms with Crippen LogP contribution in [0.5, 0.6) is 0 Å². The Kier molecular flexibility index (Phi) is 7.20. The van der Waals surface area contributed by atoms with Crippen LogP contribution in [0.4, 0.5) is 14.5 Å². The van der Waals surface area contributed by atoms with Crippen LogP contribution >= 0.6 is 34.8 Å². The minimum absolute atomic E-state index is 0.232. The number of nitrogens with zero attached hydrogens (tertiary/aromatic N) is 3. The van der Waals surface area contributed by atoms with E-state index < -0.39 is 23.3 Å². The molecule has 0 aliphatic carbocycles. The van der Waals surface area contributed by atoms with Crippen LogP contribution in [-0.2, 0) is 18.3 Å². The molecule has 1 heterocycles. The van der Waals surface area contributed by atoms with Crippen LogP contribution in [0.2, 0.25) is 15.1 Å². The fourth-order valence-corrected chi connectivity index (χ4v) is 3.53. The van der Waals surface area contributed by atoms with Crippen molar-refractivity contribution in [2.75, 3.05) is 7.11 Å². The second-order valence-corrected chi connectivity index (χ2v) is 6.87. The van der Waals surface area contributed by atoms with Gasteiger partial charge in [-0.1, -0.05) is 34.8 Å². The number of rotatable bonds is 7. The molecule has 0 aliphatic rings. The van der Waals surface area contributed by atoms with E-state index in [9.17, 15) is 14.0 Å². The van der Waals surface area contributed by atoms with Gasteiger partial charge in [0.05, 0.1) is 19.3 Å². The van der Waals surface area contributed by atoms with E-state index in [0.717, 1.165) is 9.85 Å². The van der Waals surface area contributed by atoms with Crippen molar-refractivity contribution in [2.45, 2.75) is 25.8 Å². The van der Waals surface area contributed by atoms with E-state index in [2.05, 4.69) is 5.10 Å². The molecule has 2 aromatic rings. The second kappa shape index (κ2) is 8.79. The predicted octanol–water partition coefficient (Wildman–Crippen LogP) is 3.74. The zero-order valence-electron chi connectivity index (χ0n) is 14.1.